The Hall–Kier alpha value is -0.670. The Morgan fingerprint density at radius 1 is 1.42 bits per heavy atom. The molecule has 2 saturated heterocycles. The van der Waals surface area contributed by atoms with Gasteiger partial charge in [0, 0.05) is 6.61 Å². The van der Waals surface area contributed by atoms with E-state index in [1.54, 1.807) is 11.0 Å². The number of rotatable bonds is 6. The van der Waals surface area contributed by atoms with Crippen molar-refractivity contribution >= 4 is 72.1 Å². The monoisotopic (exact) mass is 517 g/mol. The fourth-order valence-corrected chi connectivity index (χ4v) is 5.47. The van der Waals surface area contributed by atoms with Crippen molar-refractivity contribution in [2.75, 3.05) is 19.8 Å². The van der Waals surface area contributed by atoms with Crippen molar-refractivity contribution in [1.82, 2.24) is 4.90 Å². The lowest BCUT2D eigenvalue weighted by Crippen LogP contribution is -2.35. The van der Waals surface area contributed by atoms with E-state index in [-0.39, 0.29) is 12.0 Å². The molecule has 0 N–H and O–H groups in total. The Balaban J connectivity index is 1.78. The van der Waals surface area contributed by atoms with Crippen LogP contribution in [0.25, 0.3) is 6.08 Å². The second-order valence-corrected chi connectivity index (χ2v) is 9.23. The molecule has 1 atom stereocenters. The number of hydrogen-bond acceptors (Lipinski definition) is 5. The Labute approximate surface area is 179 Å². The van der Waals surface area contributed by atoms with Gasteiger partial charge >= 0.3 is 0 Å². The third-order valence-corrected chi connectivity index (χ3v) is 6.50. The zero-order valence-corrected chi connectivity index (χ0v) is 18.7. The number of carbonyl (C=O) groups is 1. The van der Waals surface area contributed by atoms with Crippen LogP contribution in [0.5, 0.6) is 5.75 Å². The van der Waals surface area contributed by atoms with E-state index in [1.807, 2.05) is 18.2 Å². The molecule has 0 spiro atoms. The maximum Gasteiger partial charge on any atom is 0.266 e. The Morgan fingerprint density at radius 2 is 2.15 bits per heavy atom. The van der Waals surface area contributed by atoms with Gasteiger partial charge in [-0.3, -0.25) is 9.69 Å². The van der Waals surface area contributed by atoms with Gasteiger partial charge in [-0.2, -0.15) is 0 Å². The third kappa shape index (κ3) is 4.59. The molecule has 2 aliphatic heterocycles. The summed E-state index contributed by atoms with van der Waals surface area (Å²) in [5, 5.41) is 0. The van der Waals surface area contributed by atoms with Crippen LogP contribution >= 0.6 is 55.8 Å². The quantitative estimate of drug-likeness (QED) is 0.295. The zero-order chi connectivity index (χ0) is 18.7. The molecule has 0 aliphatic carbocycles. The summed E-state index contributed by atoms with van der Waals surface area (Å²) in [6.07, 6.45) is 5.63. The lowest BCUT2D eigenvalue weighted by molar-refractivity contribution is -0.123. The average Bonchev–Trinajstić information content (AvgIpc) is 3.19. The minimum absolute atomic E-state index is 0.0604. The van der Waals surface area contributed by atoms with E-state index >= 15 is 0 Å². The van der Waals surface area contributed by atoms with Gasteiger partial charge in [0.05, 0.1) is 26.5 Å². The molecule has 2 heterocycles. The number of hydrogen-bond donors (Lipinski definition) is 0. The largest absolute Gasteiger partial charge is 0.487 e. The van der Waals surface area contributed by atoms with Crippen LogP contribution in [0.15, 0.2) is 38.6 Å². The first-order chi connectivity index (χ1) is 12.5. The van der Waals surface area contributed by atoms with Crippen LogP contribution in [0.1, 0.15) is 18.4 Å². The lowest BCUT2D eigenvalue weighted by atomic mass is 10.2. The summed E-state index contributed by atoms with van der Waals surface area (Å²) in [5.74, 6) is 0.641. The molecule has 1 aromatic rings. The van der Waals surface area contributed by atoms with Gasteiger partial charge in [-0.25, -0.2) is 0 Å². The van der Waals surface area contributed by atoms with Gasteiger partial charge in [0.2, 0.25) is 0 Å². The topological polar surface area (TPSA) is 38.8 Å². The molecule has 3 rings (SSSR count). The van der Waals surface area contributed by atoms with Crippen molar-refractivity contribution in [1.29, 1.82) is 0 Å². The summed E-state index contributed by atoms with van der Waals surface area (Å²) < 4.78 is 13.4. The molecule has 0 aromatic heterocycles. The molecule has 4 nitrogen and oxygen atoms in total. The van der Waals surface area contributed by atoms with Gasteiger partial charge in [-0.1, -0.05) is 36.6 Å². The van der Waals surface area contributed by atoms with Crippen molar-refractivity contribution in [3.05, 3.63) is 44.2 Å². The molecule has 8 heteroatoms. The normalized spacial score (nSPS) is 21.7. The first-order valence-electron chi connectivity index (χ1n) is 8.09. The first-order valence-corrected chi connectivity index (χ1v) is 10.9. The molecular formula is C18H17Br2NO3S2. The number of halogens is 2. The van der Waals surface area contributed by atoms with Crippen molar-refractivity contribution in [2.45, 2.75) is 18.9 Å². The molecule has 2 aliphatic rings. The molecule has 0 bridgehead atoms. The van der Waals surface area contributed by atoms with Crippen LogP contribution in [-0.2, 0) is 9.53 Å². The van der Waals surface area contributed by atoms with E-state index in [1.165, 1.54) is 11.8 Å². The minimum atomic E-state index is -0.0604. The summed E-state index contributed by atoms with van der Waals surface area (Å²) in [6.45, 7) is 5.36. The first kappa shape index (κ1) is 20.1. The van der Waals surface area contributed by atoms with Crippen LogP contribution in [-0.4, -0.2) is 41.0 Å². The summed E-state index contributed by atoms with van der Waals surface area (Å²) in [4.78, 5) is 15.0. The van der Waals surface area contributed by atoms with Crippen LogP contribution in [0.3, 0.4) is 0 Å². The Bertz CT molecular complexity index is 753. The molecule has 0 saturated carbocycles. The average molecular weight is 519 g/mol. The fraction of sp³-hybridized carbons (Fsp3) is 0.333. The minimum Gasteiger partial charge on any atom is -0.487 e. The van der Waals surface area contributed by atoms with Gasteiger partial charge in [0.15, 0.2) is 0 Å². The standard InChI is InChI=1S/C18H17Br2NO3S2/c1-2-5-24-16-13(19)7-11(8-14(16)20)9-15-17(22)21(18(25)26-15)10-12-4-3-6-23-12/h2,7-9,12H,1,3-6,10H2/b15-9-/t12-/m1/s1. The zero-order valence-electron chi connectivity index (χ0n) is 13.9. The highest BCUT2D eigenvalue weighted by Crippen LogP contribution is 2.38. The smallest absolute Gasteiger partial charge is 0.266 e. The number of thiocarbonyl (C=S) groups is 1. The number of ether oxygens (including phenoxy) is 2. The molecule has 26 heavy (non-hydrogen) atoms. The second kappa shape index (κ2) is 9.01. The van der Waals surface area contributed by atoms with Gasteiger partial charge in [-0.15, -0.1) is 0 Å². The highest BCUT2D eigenvalue weighted by molar-refractivity contribution is 9.11. The second-order valence-electron chi connectivity index (χ2n) is 5.84. The van der Waals surface area contributed by atoms with E-state index < -0.39 is 0 Å². The Morgan fingerprint density at radius 3 is 2.77 bits per heavy atom. The van der Waals surface area contributed by atoms with Crippen LogP contribution in [0.4, 0.5) is 0 Å². The molecule has 0 radical (unpaired) electrons. The molecular weight excluding hydrogens is 502 g/mol. The van der Waals surface area contributed by atoms with E-state index in [0.717, 1.165) is 34.0 Å². The van der Waals surface area contributed by atoms with Crippen LogP contribution in [0, 0.1) is 0 Å². The molecule has 1 amide bonds. The van der Waals surface area contributed by atoms with Crippen LogP contribution in [0.2, 0.25) is 0 Å². The molecule has 138 valence electrons. The molecule has 1 aromatic carbocycles. The lowest BCUT2D eigenvalue weighted by Gasteiger charge is -2.18. The number of amides is 1. The van der Waals surface area contributed by atoms with E-state index in [2.05, 4.69) is 38.4 Å². The van der Waals surface area contributed by atoms with E-state index in [0.29, 0.717) is 28.1 Å². The Kier molecular flexibility index (Phi) is 6.96. The number of carbonyl (C=O) groups excluding carboxylic acids is 1. The maximum absolute atomic E-state index is 12.7. The van der Waals surface area contributed by atoms with Gasteiger partial charge in [0.1, 0.15) is 16.7 Å². The SMILES string of the molecule is C=CCOc1c(Br)cc(/C=C2\SC(=S)N(C[C@H]3CCCO3)C2=O)cc1Br. The van der Waals surface area contributed by atoms with Crippen molar-refractivity contribution in [3.8, 4) is 5.75 Å². The van der Waals surface area contributed by atoms with Crippen LogP contribution < -0.4 is 4.74 Å². The molecule has 2 fully saturated rings. The highest BCUT2D eigenvalue weighted by atomic mass is 79.9. The maximum atomic E-state index is 12.7. The van der Waals surface area contributed by atoms with Crippen molar-refractivity contribution < 1.29 is 14.3 Å². The number of nitrogens with zero attached hydrogens (tertiary/aromatic N) is 1. The van der Waals surface area contributed by atoms with E-state index in [4.69, 9.17) is 21.7 Å². The third-order valence-electron chi connectivity index (χ3n) is 3.95. The van der Waals surface area contributed by atoms with Crippen molar-refractivity contribution in [3.63, 3.8) is 0 Å². The summed E-state index contributed by atoms with van der Waals surface area (Å²) in [6, 6.07) is 3.83. The van der Waals surface area contributed by atoms with Gasteiger partial charge in [0.25, 0.3) is 5.91 Å². The predicted molar refractivity (Wildman–Crippen MR) is 116 cm³/mol. The summed E-state index contributed by atoms with van der Waals surface area (Å²) >= 11 is 13.7. The highest BCUT2D eigenvalue weighted by Gasteiger charge is 2.34. The summed E-state index contributed by atoms with van der Waals surface area (Å²) in [5.41, 5.74) is 0.882. The van der Waals surface area contributed by atoms with Gasteiger partial charge < -0.3 is 9.47 Å². The number of thioether (sulfide) groups is 1. The summed E-state index contributed by atoms with van der Waals surface area (Å²) in [7, 11) is 0. The predicted octanol–water partition coefficient (Wildman–Crippen LogP) is 5.16. The van der Waals surface area contributed by atoms with Crippen molar-refractivity contribution in [2.24, 2.45) is 0 Å². The molecule has 0 unspecified atom stereocenters. The van der Waals surface area contributed by atoms with E-state index in [9.17, 15) is 4.79 Å². The fourth-order valence-electron chi connectivity index (χ4n) is 2.74. The van der Waals surface area contributed by atoms with Gasteiger partial charge in [-0.05, 0) is 68.5 Å². The number of benzene rings is 1.